The summed E-state index contributed by atoms with van der Waals surface area (Å²) in [7, 11) is 1.56. The summed E-state index contributed by atoms with van der Waals surface area (Å²) in [6, 6.07) is 21.4. The van der Waals surface area contributed by atoms with Gasteiger partial charge in [-0.15, -0.1) is 0 Å². The van der Waals surface area contributed by atoms with Crippen LogP contribution in [0.25, 0.3) is 27.5 Å². The molecule has 11 rings (SSSR count). The number of ether oxygens (including phenoxy) is 3. The van der Waals surface area contributed by atoms with Crippen LogP contribution >= 0.6 is 0 Å². The second-order valence-corrected chi connectivity index (χ2v) is 20.9. The summed E-state index contributed by atoms with van der Waals surface area (Å²) in [5, 5.41) is 44.1. The van der Waals surface area contributed by atoms with E-state index in [4.69, 9.17) is 14.2 Å². The topological polar surface area (TPSA) is 179 Å². The molecule has 364 valence electrons. The molecule has 3 aromatic carbocycles. The Morgan fingerprint density at radius 1 is 0.929 bits per heavy atom. The number of allylic oxidation sites excluding steroid dienone is 1. The van der Waals surface area contributed by atoms with E-state index in [2.05, 4.69) is 62.9 Å². The van der Waals surface area contributed by atoms with E-state index in [-0.39, 0.29) is 96.6 Å². The zero-order chi connectivity index (χ0) is 48.1. The van der Waals surface area contributed by atoms with Crippen LogP contribution in [-0.4, -0.2) is 79.2 Å². The number of carbonyl (C=O) groups excluding carboxylic acids is 2. The third kappa shape index (κ3) is 8.66. The fourth-order valence-electron chi connectivity index (χ4n) is 14.1. The van der Waals surface area contributed by atoms with Crippen molar-refractivity contribution in [1.82, 2.24) is 14.5 Å². The van der Waals surface area contributed by atoms with Gasteiger partial charge in [0, 0.05) is 54.7 Å². The van der Waals surface area contributed by atoms with Crippen LogP contribution in [-0.2, 0) is 33.7 Å². The molecule has 2 bridgehead atoms. The second-order valence-electron chi connectivity index (χ2n) is 20.9. The fourth-order valence-corrected chi connectivity index (χ4v) is 14.1. The number of aromatic amines is 2. The van der Waals surface area contributed by atoms with E-state index < -0.39 is 12.1 Å². The highest BCUT2D eigenvalue weighted by molar-refractivity contribution is 5.94. The number of H-pyrrole nitrogens is 2. The highest BCUT2D eigenvalue weighted by Crippen LogP contribution is 2.66. The zero-order valence-electron chi connectivity index (χ0n) is 39.8. The van der Waals surface area contributed by atoms with Crippen molar-refractivity contribution in [3.8, 4) is 34.8 Å². The summed E-state index contributed by atoms with van der Waals surface area (Å²) in [4.78, 5) is 35.9. The Kier molecular flexibility index (Phi) is 12.5. The van der Waals surface area contributed by atoms with Crippen LogP contribution in [0.15, 0.2) is 85.2 Å². The number of aromatic nitrogens is 3. The van der Waals surface area contributed by atoms with Crippen LogP contribution in [0.4, 0.5) is 0 Å². The molecule has 0 amide bonds. The first-order valence-electron chi connectivity index (χ1n) is 25.3. The van der Waals surface area contributed by atoms with Gasteiger partial charge in [0.25, 0.3) is 0 Å². The predicted octanol–water partition coefficient (Wildman–Crippen LogP) is 9.51. The fraction of sp³-hybridized carbons (Fsp3) is 0.448. The van der Waals surface area contributed by atoms with Crippen LogP contribution in [0.2, 0.25) is 0 Å². The number of aliphatic hydroxyl groups excluding tert-OH is 2. The van der Waals surface area contributed by atoms with E-state index in [1.54, 1.807) is 25.3 Å². The van der Waals surface area contributed by atoms with Crippen molar-refractivity contribution in [3.63, 3.8) is 0 Å². The summed E-state index contributed by atoms with van der Waals surface area (Å²) in [5.74, 6) is 7.22. The Balaban J connectivity index is 1.03. The Morgan fingerprint density at radius 2 is 1.80 bits per heavy atom. The van der Waals surface area contributed by atoms with Gasteiger partial charge in [-0.3, -0.25) is 9.59 Å². The zero-order valence-corrected chi connectivity index (χ0v) is 39.8. The number of hydrogen-bond donors (Lipinski definition) is 6. The molecule has 3 aromatic heterocycles. The lowest BCUT2D eigenvalue weighted by atomic mass is 9.47. The number of hydrogen-bond acceptors (Lipinski definition) is 9. The normalized spacial score (nSPS) is 27.7. The molecule has 1 aliphatic heterocycles. The number of fused-ring (bicyclic) bond motifs is 10. The molecule has 12 heteroatoms. The molecule has 4 aliphatic carbocycles. The summed E-state index contributed by atoms with van der Waals surface area (Å²) in [5.41, 5.74) is 8.85. The molecular formula is C58H63N3O9. The number of aromatic hydroxyl groups is 2. The minimum Gasteiger partial charge on any atom is -0.504 e. The number of nitrogens with one attached hydrogen (secondary N) is 2. The molecule has 0 radical (unpaired) electrons. The number of phenolic OH excluding ortho intramolecular Hbond substituents is 2. The second kappa shape index (κ2) is 19.1. The van der Waals surface area contributed by atoms with Gasteiger partial charge in [0.15, 0.2) is 23.0 Å². The van der Waals surface area contributed by atoms with Crippen molar-refractivity contribution in [2.45, 2.75) is 108 Å². The van der Waals surface area contributed by atoms with E-state index in [0.717, 1.165) is 95.0 Å². The largest absolute Gasteiger partial charge is 0.504 e. The molecule has 1 spiro atoms. The van der Waals surface area contributed by atoms with Gasteiger partial charge >= 0.3 is 5.97 Å². The number of cyclic esters (lactones) is 1. The third-order valence-electron chi connectivity index (χ3n) is 16.9. The van der Waals surface area contributed by atoms with Gasteiger partial charge < -0.3 is 49.2 Å². The number of methoxy groups -OCH3 is 1. The van der Waals surface area contributed by atoms with Crippen LogP contribution in [0.1, 0.15) is 104 Å². The minimum absolute atomic E-state index is 0.00222. The van der Waals surface area contributed by atoms with Crippen LogP contribution in [0.5, 0.6) is 23.0 Å². The van der Waals surface area contributed by atoms with E-state index in [1.807, 2.05) is 30.5 Å². The van der Waals surface area contributed by atoms with Gasteiger partial charge in [-0.1, -0.05) is 42.2 Å². The van der Waals surface area contributed by atoms with Gasteiger partial charge in [0.05, 0.1) is 36.5 Å². The van der Waals surface area contributed by atoms with Crippen LogP contribution < -0.4 is 9.47 Å². The number of benzene rings is 3. The number of rotatable bonds is 9. The van der Waals surface area contributed by atoms with Gasteiger partial charge in [-0.2, -0.15) is 0 Å². The highest BCUT2D eigenvalue weighted by atomic mass is 16.5. The van der Waals surface area contributed by atoms with Crippen molar-refractivity contribution in [1.29, 1.82) is 0 Å². The average molecular weight is 946 g/mol. The van der Waals surface area contributed by atoms with Gasteiger partial charge in [-0.05, 0) is 163 Å². The quantitative estimate of drug-likeness (QED) is 0.0608. The highest BCUT2D eigenvalue weighted by Gasteiger charge is 2.58. The number of ketones is 1. The van der Waals surface area contributed by atoms with Gasteiger partial charge in [0.1, 0.15) is 24.9 Å². The molecule has 3 fully saturated rings. The Labute approximate surface area is 408 Å². The van der Waals surface area contributed by atoms with Crippen molar-refractivity contribution in [2.75, 3.05) is 20.3 Å². The van der Waals surface area contributed by atoms with E-state index in [9.17, 15) is 25.2 Å². The number of esters is 1. The number of nitrogens with zero attached hydrogens (tertiary/aromatic N) is 1. The summed E-state index contributed by atoms with van der Waals surface area (Å²) >= 11 is 0. The number of aryl methyl sites for hydroxylation is 1. The lowest BCUT2D eigenvalue weighted by Gasteiger charge is -2.57. The summed E-state index contributed by atoms with van der Waals surface area (Å²) in [6.45, 7) is 0.764. The number of carbonyl (C=O) groups is 2. The molecule has 70 heavy (non-hydrogen) atoms. The molecule has 6 N–H and O–H groups in total. The molecule has 12 nitrogen and oxygen atoms in total. The number of Topliss-reactive ketones (excluding diaryl/α,β-unsaturated/α-hetero) is 1. The van der Waals surface area contributed by atoms with E-state index >= 15 is 4.79 Å². The molecule has 6 aromatic rings. The van der Waals surface area contributed by atoms with Gasteiger partial charge in [-0.25, -0.2) is 0 Å². The van der Waals surface area contributed by atoms with E-state index in [0.29, 0.717) is 37.4 Å². The molecule has 0 saturated heterocycles. The standard InChI is InChI=1S/C58H63N3O9/c1-68-53-30-44-43(29-52(53)66)46-25-36-32-58(19-16-35(31-58)33-61-21-18-49-50(61)17-20-59-49)47-28-37(63)12-14-42(47)56(36)45(44)27-38(64)26-39(13-10-34-11-15-51(65)54(24-34)69-23-22-62)70-55(67)9-5-3-7-41-40-6-2-4-8-48(40)60-57(41)46/h2,4,6,8,11,15,17-18,20-21,24-25,29-30,35-37,39,42,45,47,56,59-60,62-63,65-66H,7,9-10,12-14,16,19,22-23,26-28,31-33H2,1H3/t35-,36+,37-,39-,42-,45-,47-,56-,58-/m1/s1. The summed E-state index contributed by atoms with van der Waals surface area (Å²) in [6.07, 6.45) is 13.2. The first-order valence-corrected chi connectivity index (χ1v) is 25.3. The first-order chi connectivity index (χ1) is 34.1. The van der Waals surface area contributed by atoms with Crippen molar-refractivity contribution in [2.24, 2.45) is 35.0 Å². The molecule has 9 atom stereocenters. The van der Waals surface area contributed by atoms with Crippen molar-refractivity contribution < 1.29 is 44.2 Å². The number of aliphatic hydroxyl groups is 2. The Hall–Kier alpha value is -6.42. The van der Waals surface area contributed by atoms with Crippen LogP contribution in [0, 0.1) is 46.8 Å². The van der Waals surface area contributed by atoms with Crippen LogP contribution in [0.3, 0.4) is 0 Å². The lowest BCUT2D eigenvalue weighted by Crippen LogP contribution is -2.51. The molecular weight excluding hydrogens is 883 g/mol. The molecule has 0 unspecified atom stereocenters. The lowest BCUT2D eigenvalue weighted by molar-refractivity contribution is -0.149. The third-order valence-corrected chi connectivity index (χ3v) is 16.9. The monoisotopic (exact) mass is 945 g/mol. The molecule has 5 aliphatic rings. The SMILES string of the molecule is COc1cc2c(cc1O)C1=C[C@H]3C[C@]4(CC[C@@H](Cn5ccc6[nH]ccc65)C4)[C@@H]4C[C@H](O)CC[C@H]4[C@@H]3[C@@H]2CC(=O)C[C@@H](CCc2ccc(O)c(OCCO)c2)OC(=O)CC#CCc2c1[nH]c1ccccc21. The van der Waals surface area contributed by atoms with E-state index in [1.165, 1.54) is 5.52 Å². The summed E-state index contributed by atoms with van der Waals surface area (Å²) < 4.78 is 20.0. The number of phenols is 2. The first kappa shape index (κ1) is 46.0. The van der Waals surface area contributed by atoms with Crippen molar-refractivity contribution >= 4 is 39.3 Å². The van der Waals surface area contributed by atoms with Gasteiger partial charge in [0.2, 0.25) is 0 Å². The number of para-hydroxylation sites is 1. The molecule has 4 heterocycles. The predicted molar refractivity (Wildman–Crippen MR) is 267 cm³/mol. The smallest absolute Gasteiger partial charge is 0.318 e. The maximum Gasteiger partial charge on any atom is 0.318 e. The average Bonchev–Trinajstić information content (AvgIpc) is 4.15. The maximum absolute atomic E-state index is 15.1. The van der Waals surface area contributed by atoms with Crippen molar-refractivity contribution in [3.05, 3.63) is 113 Å². The Morgan fingerprint density at radius 3 is 2.67 bits per heavy atom. The maximum atomic E-state index is 15.1. The molecule has 3 saturated carbocycles. The minimum atomic E-state index is -0.745. The Bertz CT molecular complexity index is 3040.